The monoisotopic (exact) mass is 425 g/mol. The Hall–Kier alpha value is -3.48. The van der Waals surface area contributed by atoms with Crippen LogP contribution in [0.2, 0.25) is 0 Å². The van der Waals surface area contributed by atoms with Crippen LogP contribution in [0.4, 0.5) is 5.95 Å². The number of imidazole rings is 1. The number of fused-ring (bicyclic) bond motifs is 3. The van der Waals surface area contributed by atoms with E-state index < -0.39 is 0 Å². The fraction of sp³-hybridized carbons (Fsp3) is 0.360. The van der Waals surface area contributed by atoms with Crippen molar-refractivity contribution in [2.75, 3.05) is 5.32 Å². The summed E-state index contributed by atoms with van der Waals surface area (Å²) < 4.78 is 3.79. The molecule has 162 valence electrons. The van der Waals surface area contributed by atoms with Crippen LogP contribution in [0.15, 0.2) is 48.4 Å². The lowest BCUT2D eigenvalue weighted by Crippen LogP contribution is -2.26. The van der Waals surface area contributed by atoms with Crippen molar-refractivity contribution in [3.8, 4) is 5.95 Å². The van der Waals surface area contributed by atoms with Gasteiger partial charge in [-0.05, 0) is 55.2 Å². The van der Waals surface area contributed by atoms with Crippen LogP contribution < -0.4 is 5.32 Å². The van der Waals surface area contributed by atoms with Gasteiger partial charge in [-0.1, -0.05) is 43.7 Å². The fourth-order valence-electron chi connectivity index (χ4n) is 5.07. The summed E-state index contributed by atoms with van der Waals surface area (Å²) in [7, 11) is 0. The molecule has 3 heterocycles. The van der Waals surface area contributed by atoms with Gasteiger partial charge in [0.25, 0.3) is 0 Å². The van der Waals surface area contributed by atoms with Crippen LogP contribution in [0.5, 0.6) is 0 Å². The third-order valence-electron chi connectivity index (χ3n) is 6.80. The van der Waals surface area contributed by atoms with Gasteiger partial charge in [0, 0.05) is 24.0 Å². The number of allylic oxidation sites excluding steroid dienone is 1. The zero-order valence-corrected chi connectivity index (χ0v) is 18.7. The predicted octanol–water partition coefficient (Wildman–Crippen LogP) is 4.72. The van der Waals surface area contributed by atoms with Gasteiger partial charge in [-0.25, -0.2) is 4.98 Å². The Morgan fingerprint density at radius 3 is 2.84 bits per heavy atom. The summed E-state index contributed by atoms with van der Waals surface area (Å²) in [4.78, 5) is 14.1. The summed E-state index contributed by atoms with van der Waals surface area (Å²) in [6, 6.07) is 9.14. The minimum Gasteiger partial charge on any atom is -0.351 e. The van der Waals surface area contributed by atoms with E-state index in [4.69, 9.17) is 9.97 Å². The van der Waals surface area contributed by atoms with Crippen molar-refractivity contribution in [2.45, 2.75) is 58.4 Å². The Morgan fingerprint density at radius 2 is 2.03 bits per heavy atom. The Morgan fingerprint density at radius 1 is 1.16 bits per heavy atom. The van der Waals surface area contributed by atoms with Gasteiger partial charge in [-0.15, -0.1) is 0 Å². The number of rotatable bonds is 4. The second kappa shape index (κ2) is 7.29. The molecule has 3 aromatic heterocycles. The van der Waals surface area contributed by atoms with Crippen molar-refractivity contribution in [1.29, 1.82) is 0 Å². The zero-order chi connectivity index (χ0) is 21.8. The van der Waals surface area contributed by atoms with Crippen molar-refractivity contribution >= 4 is 17.2 Å². The first-order valence-corrected chi connectivity index (χ1v) is 11.4. The van der Waals surface area contributed by atoms with E-state index in [2.05, 4.69) is 53.5 Å². The van der Waals surface area contributed by atoms with E-state index in [0.29, 0.717) is 17.9 Å². The summed E-state index contributed by atoms with van der Waals surface area (Å²) in [5.74, 6) is 2.55. The van der Waals surface area contributed by atoms with Crippen LogP contribution in [0.1, 0.15) is 61.5 Å². The van der Waals surface area contributed by atoms with Crippen LogP contribution in [0, 0.1) is 6.92 Å². The molecule has 1 aromatic carbocycles. The first-order chi connectivity index (χ1) is 15.6. The van der Waals surface area contributed by atoms with Gasteiger partial charge in [0.15, 0.2) is 5.65 Å². The number of aryl methyl sites for hydroxylation is 1. The van der Waals surface area contributed by atoms with Gasteiger partial charge >= 0.3 is 0 Å². The molecule has 7 nitrogen and oxygen atoms in total. The SMILES string of the molecule is Cc1nccn1-c1nc(N[C@@H]2CCC3=C(C2)c2ccccc2C3)n2ncc(C(C)C)c2n1. The molecule has 0 spiro atoms. The van der Waals surface area contributed by atoms with Crippen LogP contribution in [-0.2, 0) is 6.42 Å². The largest absolute Gasteiger partial charge is 0.351 e. The number of nitrogens with zero attached hydrogens (tertiary/aromatic N) is 6. The zero-order valence-electron chi connectivity index (χ0n) is 18.7. The van der Waals surface area contributed by atoms with Crippen molar-refractivity contribution in [1.82, 2.24) is 29.1 Å². The molecule has 7 heteroatoms. The molecule has 0 aliphatic heterocycles. The molecule has 0 bridgehead atoms. The second-order valence-corrected chi connectivity index (χ2v) is 9.18. The van der Waals surface area contributed by atoms with E-state index in [0.717, 1.165) is 48.7 Å². The highest BCUT2D eigenvalue weighted by molar-refractivity contribution is 5.77. The molecule has 1 N–H and O–H groups in total. The smallest absolute Gasteiger partial charge is 0.240 e. The topological polar surface area (TPSA) is 72.9 Å². The van der Waals surface area contributed by atoms with E-state index in [1.807, 2.05) is 28.4 Å². The van der Waals surface area contributed by atoms with Gasteiger partial charge in [0.1, 0.15) is 5.82 Å². The van der Waals surface area contributed by atoms with Crippen LogP contribution in [-0.4, -0.2) is 35.2 Å². The molecule has 0 fully saturated rings. The number of anilines is 1. The highest BCUT2D eigenvalue weighted by Crippen LogP contribution is 2.42. The molecular formula is C25H27N7. The fourth-order valence-corrected chi connectivity index (χ4v) is 5.07. The maximum absolute atomic E-state index is 4.89. The number of aromatic nitrogens is 6. The number of hydrogen-bond acceptors (Lipinski definition) is 5. The van der Waals surface area contributed by atoms with E-state index in [9.17, 15) is 0 Å². The third-order valence-corrected chi connectivity index (χ3v) is 6.80. The predicted molar refractivity (Wildman–Crippen MR) is 125 cm³/mol. The van der Waals surface area contributed by atoms with Gasteiger partial charge in [-0.3, -0.25) is 4.57 Å². The number of nitrogens with one attached hydrogen (secondary N) is 1. The molecule has 4 aromatic rings. The lowest BCUT2D eigenvalue weighted by molar-refractivity contribution is 0.624. The first kappa shape index (κ1) is 19.2. The summed E-state index contributed by atoms with van der Waals surface area (Å²) in [5, 5.41) is 8.37. The Bertz CT molecular complexity index is 1360. The van der Waals surface area contributed by atoms with Crippen molar-refractivity contribution < 1.29 is 0 Å². The summed E-state index contributed by atoms with van der Waals surface area (Å²) in [6.07, 6.45) is 9.94. The Balaban J connectivity index is 1.38. The van der Waals surface area contributed by atoms with Crippen LogP contribution >= 0.6 is 0 Å². The van der Waals surface area contributed by atoms with Gasteiger partial charge in [-0.2, -0.15) is 19.6 Å². The normalized spacial score (nSPS) is 17.8. The minimum absolute atomic E-state index is 0.307. The summed E-state index contributed by atoms with van der Waals surface area (Å²) in [5.41, 5.74) is 7.99. The standard InChI is InChI=1S/C25H27N7/c1-15(2)22-14-27-32-23(22)29-24(31-11-10-26-16(31)3)30-25(32)28-19-9-8-18-12-17-6-4-5-7-20(17)21(18)13-19/h4-7,10-11,14-15,19H,8-9,12-13H2,1-3H3,(H,28,29,30)/t19-/m1/s1. The maximum Gasteiger partial charge on any atom is 0.240 e. The molecule has 6 rings (SSSR count). The summed E-state index contributed by atoms with van der Waals surface area (Å²) >= 11 is 0. The Kier molecular flexibility index (Phi) is 4.38. The third kappa shape index (κ3) is 3.03. The van der Waals surface area contributed by atoms with E-state index in [1.165, 1.54) is 16.7 Å². The quantitative estimate of drug-likeness (QED) is 0.512. The molecule has 0 saturated carbocycles. The molecule has 2 aliphatic rings. The first-order valence-electron chi connectivity index (χ1n) is 11.4. The lowest BCUT2D eigenvalue weighted by Gasteiger charge is -2.26. The highest BCUT2D eigenvalue weighted by atomic mass is 15.4. The second-order valence-electron chi connectivity index (χ2n) is 9.18. The molecule has 0 amide bonds. The van der Waals surface area contributed by atoms with Crippen LogP contribution in [0.3, 0.4) is 0 Å². The van der Waals surface area contributed by atoms with Gasteiger partial charge in [0.05, 0.1) is 6.20 Å². The molecule has 2 aliphatic carbocycles. The van der Waals surface area contributed by atoms with Crippen molar-refractivity contribution in [2.24, 2.45) is 0 Å². The molecule has 0 saturated heterocycles. The number of hydrogen-bond donors (Lipinski definition) is 1. The average molecular weight is 426 g/mol. The van der Waals surface area contributed by atoms with E-state index in [1.54, 1.807) is 11.8 Å². The van der Waals surface area contributed by atoms with Gasteiger partial charge < -0.3 is 5.32 Å². The molecule has 0 unspecified atom stereocenters. The molecule has 0 radical (unpaired) electrons. The lowest BCUT2D eigenvalue weighted by atomic mass is 9.88. The van der Waals surface area contributed by atoms with Crippen LogP contribution in [0.25, 0.3) is 17.2 Å². The molecular weight excluding hydrogens is 398 g/mol. The van der Waals surface area contributed by atoms with E-state index in [-0.39, 0.29) is 0 Å². The van der Waals surface area contributed by atoms with Crippen molar-refractivity contribution in [3.63, 3.8) is 0 Å². The summed E-state index contributed by atoms with van der Waals surface area (Å²) in [6.45, 7) is 6.30. The average Bonchev–Trinajstić information content (AvgIpc) is 3.49. The Labute approximate surface area is 187 Å². The molecule has 32 heavy (non-hydrogen) atoms. The van der Waals surface area contributed by atoms with E-state index >= 15 is 0 Å². The maximum atomic E-state index is 4.89. The molecule has 1 atom stereocenters. The van der Waals surface area contributed by atoms with Crippen molar-refractivity contribution in [3.05, 3.63) is 70.9 Å². The highest BCUT2D eigenvalue weighted by Gasteiger charge is 2.29. The number of benzene rings is 1. The van der Waals surface area contributed by atoms with Gasteiger partial charge in [0.2, 0.25) is 11.9 Å². The minimum atomic E-state index is 0.307.